The molecule has 0 saturated carbocycles. The number of carbonyl (C=O) groups excluding carboxylic acids is 1. The fourth-order valence-corrected chi connectivity index (χ4v) is 2.27. The van der Waals surface area contributed by atoms with Crippen molar-refractivity contribution >= 4 is 11.6 Å². The quantitative estimate of drug-likeness (QED) is 0.894. The Kier molecular flexibility index (Phi) is 3.79. The number of hydrogen-bond donors (Lipinski definition) is 2. The first kappa shape index (κ1) is 14.1. The molecule has 0 aliphatic carbocycles. The van der Waals surface area contributed by atoms with Gasteiger partial charge in [0.05, 0.1) is 5.69 Å². The van der Waals surface area contributed by atoms with Crippen LogP contribution in [0.25, 0.3) is 0 Å². The first-order chi connectivity index (χ1) is 9.40. The lowest BCUT2D eigenvalue weighted by Gasteiger charge is -2.11. The number of aromatic nitrogens is 2. The number of rotatable bonds is 4. The number of aryl methyl sites for hydroxylation is 3. The molecule has 2 rings (SSSR count). The second-order valence-electron chi connectivity index (χ2n) is 5.02. The minimum absolute atomic E-state index is 0.404. The smallest absolute Gasteiger partial charge is 0.248 e. The molecule has 2 aromatic rings. The molecule has 0 unspecified atom stereocenters. The standard InChI is InChI=1S/C15H20N4O/c1-9-7-12(15(16)20)5-6-14(9)17-8-13-10(2)18-19(4)11(13)3/h5-7,17H,8H2,1-4H3,(H2,16,20). The predicted octanol–water partition coefficient (Wildman–Crippen LogP) is 2.06. The zero-order chi connectivity index (χ0) is 14.9. The third-order valence-electron chi connectivity index (χ3n) is 3.63. The maximum atomic E-state index is 11.1. The molecule has 0 aliphatic rings. The number of benzene rings is 1. The maximum Gasteiger partial charge on any atom is 0.248 e. The summed E-state index contributed by atoms with van der Waals surface area (Å²) in [6.07, 6.45) is 0. The molecule has 5 nitrogen and oxygen atoms in total. The number of nitrogens with one attached hydrogen (secondary N) is 1. The van der Waals surface area contributed by atoms with E-state index in [0.717, 1.165) is 22.6 Å². The molecule has 20 heavy (non-hydrogen) atoms. The van der Waals surface area contributed by atoms with Gasteiger partial charge in [0.25, 0.3) is 0 Å². The lowest BCUT2D eigenvalue weighted by atomic mass is 10.1. The summed E-state index contributed by atoms with van der Waals surface area (Å²) in [5, 5.41) is 7.78. The normalized spacial score (nSPS) is 10.6. The zero-order valence-electron chi connectivity index (χ0n) is 12.3. The van der Waals surface area contributed by atoms with Crippen molar-refractivity contribution in [3.05, 3.63) is 46.3 Å². The Bertz CT molecular complexity index is 658. The number of anilines is 1. The van der Waals surface area contributed by atoms with E-state index < -0.39 is 5.91 Å². The summed E-state index contributed by atoms with van der Waals surface area (Å²) in [4.78, 5) is 11.1. The van der Waals surface area contributed by atoms with Crippen LogP contribution in [0.3, 0.4) is 0 Å². The van der Waals surface area contributed by atoms with Gasteiger partial charge >= 0.3 is 0 Å². The van der Waals surface area contributed by atoms with Crippen molar-refractivity contribution < 1.29 is 4.79 Å². The molecule has 1 aromatic heterocycles. The average Bonchev–Trinajstić information content (AvgIpc) is 2.62. The number of nitrogens with two attached hydrogens (primary N) is 1. The monoisotopic (exact) mass is 272 g/mol. The fraction of sp³-hybridized carbons (Fsp3) is 0.333. The predicted molar refractivity (Wildman–Crippen MR) is 79.7 cm³/mol. The van der Waals surface area contributed by atoms with E-state index in [1.807, 2.05) is 31.6 Å². The first-order valence-corrected chi connectivity index (χ1v) is 6.53. The zero-order valence-corrected chi connectivity index (χ0v) is 12.3. The number of amides is 1. The first-order valence-electron chi connectivity index (χ1n) is 6.53. The Hall–Kier alpha value is -2.30. The van der Waals surface area contributed by atoms with Crippen LogP contribution in [0.5, 0.6) is 0 Å². The second-order valence-corrected chi connectivity index (χ2v) is 5.02. The third-order valence-corrected chi connectivity index (χ3v) is 3.63. The van der Waals surface area contributed by atoms with Crippen molar-refractivity contribution in [3.63, 3.8) is 0 Å². The SMILES string of the molecule is Cc1cc(C(N)=O)ccc1NCc1c(C)nn(C)c1C. The molecule has 0 fully saturated rings. The van der Waals surface area contributed by atoms with Crippen LogP contribution in [-0.2, 0) is 13.6 Å². The number of hydrogen-bond acceptors (Lipinski definition) is 3. The Morgan fingerprint density at radius 2 is 2.05 bits per heavy atom. The van der Waals surface area contributed by atoms with Crippen LogP contribution < -0.4 is 11.1 Å². The van der Waals surface area contributed by atoms with Crippen LogP contribution >= 0.6 is 0 Å². The van der Waals surface area contributed by atoms with Crippen LogP contribution in [0.2, 0.25) is 0 Å². The molecule has 0 spiro atoms. The fourth-order valence-electron chi connectivity index (χ4n) is 2.27. The van der Waals surface area contributed by atoms with E-state index in [1.165, 1.54) is 5.56 Å². The molecule has 0 atom stereocenters. The van der Waals surface area contributed by atoms with Crippen LogP contribution in [0.1, 0.15) is 32.9 Å². The topological polar surface area (TPSA) is 72.9 Å². The lowest BCUT2D eigenvalue weighted by Crippen LogP contribution is -2.11. The summed E-state index contributed by atoms with van der Waals surface area (Å²) in [5.41, 5.74) is 11.2. The largest absolute Gasteiger partial charge is 0.381 e. The van der Waals surface area contributed by atoms with Gasteiger partial charge in [0.2, 0.25) is 5.91 Å². The summed E-state index contributed by atoms with van der Waals surface area (Å²) >= 11 is 0. The Labute approximate surface area is 118 Å². The van der Waals surface area contributed by atoms with Crippen molar-refractivity contribution in [2.45, 2.75) is 27.3 Å². The molecule has 1 aromatic carbocycles. The van der Waals surface area contributed by atoms with E-state index in [2.05, 4.69) is 17.3 Å². The number of nitrogens with zero attached hydrogens (tertiary/aromatic N) is 2. The molecule has 0 saturated heterocycles. The van der Waals surface area contributed by atoms with E-state index in [-0.39, 0.29) is 0 Å². The highest BCUT2D eigenvalue weighted by Crippen LogP contribution is 2.19. The van der Waals surface area contributed by atoms with Crippen LogP contribution in [0, 0.1) is 20.8 Å². The molecular formula is C15H20N4O. The van der Waals surface area contributed by atoms with Crippen molar-refractivity contribution in [1.29, 1.82) is 0 Å². The Morgan fingerprint density at radius 1 is 1.35 bits per heavy atom. The number of primary amides is 1. The van der Waals surface area contributed by atoms with Gasteiger partial charge in [0, 0.05) is 36.1 Å². The summed E-state index contributed by atoms with van der Waals surface area (Å²) in [6.45, 7) is 6.73. The summed E-state index contributed by atoms with van der Waals surface area (Å²) in [7, 11) is 1.94. The van der Waals surface area contributed by atoms with Gasteiger partial charge in [0.15, 0.2) is 0 Å². The number of carbonyl (C=O) groups is 1. The van der Waals surface area contributed by atoms with Gasteiger partial charge in [-0.15, -0.1) is 0 Å². The van der Waals surface area contributed by atoms with Gasteiger partial charge in [-0.2, -0.15) is 5.10 Å². The minimum Gasteiger partial charge on any atom is -0.381 e. The highest BCUT2D eigenvalue weighted by atomic mass is 16.1. The van der Waals surface area contributed by atoms with E-state index in [0.29, 0.717) is 12.1 Å². The van der Waals surface area contributed by atoms with Crippen molar-refractivity contribution in [1.82, 2.24) is 9.78 Å². The van der Waals surface area contributed by atoms with Gasteiger partial charge in [-0.1, -0.05) is 0 Å². The van der Waals surface area contributed by atoms with Crippen LogP contribution in [0.4, 0.5) is 5.69 Å². The van der Waals surface area contributed by atoms with E-state index >= 15 is 0 Å². The molecule has 106 valence electrons. The molecule has 3 N–H and O–H groups in total. The Morgan fingerprint density at radius 3 is 2.55 bits per heavy atom. The molecule has 1 amide bonds. The molecule has 0 aliphatic heterocycles. The van der Waals surface area contributed by atoms with Crippen LogP contribution in [0.15, 0.2) is 18.2 Å². The van der Waals surface area contributed by atoms with E-state index in [4.69, 9.17) is 5.73 Å². The van der Waals surface area contributed by atoms with Crippen molar-refractivity contribution in [2.75, 3.05) is 5.32 Å². The Balaban J connectivity index is 2.17. The third kappa shape index (κ3) is 2.66. The van der Waals surface area contributed by atoms with Crippen molar-refractivity contribution in [3.8, 4) is 0 Å². The van der Waals surface area contributed by atoms with Gasteiger partial charge in [-0.05, 0) is 44.5 Å². The summed E-state index contributed by atoms with van der Waals surface area (Å²) in [5.74, 6) is -0.404. The van der Waals surface area contributed by atoms with Gasteiger partial charge < -0.3 is 11.1 Å². The van der Waals surface area contributed by atoms with E-state index in [9.17, 15) is 4.79 Å². The minimum atomic E-state index is -0.404. The highest BCUT2D eigenvalue weighted by Gasteiger charge is 2.10. The van der Waals surface area contributed by atoms with Crippen molar-refractivity contribution in [2.24, 2.45) is 12.8 Å². The molecule has 0 bridgehead atoms. The molecular weight excluding hydrogens is 252 g/mol. The summed E-state index contributed by atoms with van der Waals surface area (Å²) < 4.78 is 1.88. The van der Waals surface area contributed by atoms with E-state index in [1.54, 1.807) is 12.1 Å². The average molecular weight is 272 g/mol. The summed E-state index contributed by atoms with van der Waals surface area (Å²) in [6, 6.07) is 5.42. The highest BCUT2D eigenvalue weighted by molar-refractivity contribution is 5.93. The van der Waals surface area contributed by atoms with Gasteiger partial charge in [-0.25, -0.2) is 0 Å². The molecule has 0 radical (unpaired) electrons. The molecule has 5 heteroatoms. The van der Waals surface area contributed by atoms with Gasteiger partial charge in [-0.3, -0.25) is 9.48 Å². The lowest BCUT2D eigenvalue weighted by molar-refractivity contribution is 0.1000. The molecule has 1 heterocycles. The maximum absolute atomic E-state index is 11.1. The second kappa shape index (κ2) is 5.36. The van der Waals surface area contributed by atoms with Gasteiger partial charge in [0.1, 0.15) is 0 Å². The van der Waals surface area contributed by atoms with Crippen LogP contribution in [-0.4, -0.2) is 15.7 Å².